The molecule has 0 bridgehead atoms. The van der Waals surface area contributed by atoms with E-state index in [-0.39, 0.29) is 12.1 Å². The molecule has 4 amide bonds. The van der Waals surface area contributed by atoms with Gasteiger partial charge in [0.1, 0.15) is 17.8 Å². The molecule has 1 unspecified atom stereocenters. The van der Waals surface area contributed by atoms with Crippen LogP contribution in [0.3, 0.4) is 0 Å². The zero-order valence-corrected chi connectivity index (χ0v) is 16.7. The third kappa shape index (κ3) is 4.79. The maximum atomic E-state index is 12.9. The highest BCUT2D eigenvalue weighted by molar-refractivity contribution is 6.09. The fraction of sp³-hybridized carbons (Fsp3) is 0.286. The number of nitrogens with one attached hydrogen (secondary N) is 2. The molecule has 1 atom stereocenters. The Morgan fingerprint density at radius 2 is 1.77 bits per heavy atom. The fourth-order valence-corrected chi connectivity index (χ4v) is 3.42. The molecule has 0 saturated carbocycles. The van der Waals surface area contributed by atoms with Crippen LogP contribution in [0.1, 0.15) is 23.6 Å². The van der Waals surface area contributed by atoms with E-state index in [1.165, 1.54) is 18.2 Å². The quantitative estimate of drug-likeness (QED) is 0.683. The highest BCUT2D eigenvalue weighted by atomic mass is 19.4. The number of rotatable bonds is 6. The Hall–Kier alpha value is -3.56. The third-order valence-electron chi connectivity index (χ3n) is 4.93. The zero-order chi connectivity index (χ0) is 22.8. The van der Waals surface area contributed by atoms with E-state index >= 15 is 0 Å². The van der Waals surface area contributed by atoms with Crippen molar-refractivity contribution in [2.75, 3.05) is 6.54 Å². The van der Waals surface area contributed by atoms with Gasteiger partial charge in [0.15, 0.2) is 0 Å². The van der Waals surface area contributed by atoms with E-state index in [0.29, 0.717) is 5.56 Å². The number of urea groups is 1. The predicted octanol–water partition coefficient (Wildman–Crippen LogP) is 2.98. The molecular weight excluding hydrogens is 415 g/mol. The smallest absolute Gasteiger partial charge is 0.405 e. The van der Waals surface area contributed by atoms with E-state index < -0.39 is 42.0 Å². The number of carbonyl (C=O) groups is 3. The number of hydrogen-bond acceptors (Lipinski definition) is 4. The van der Waals surface area contributed by atoms with Crippen molar-refractivity contribution < 1.29 is 32.3 Å². The van der Waals surface area contributed by atoms with Crippen LogP contribution in [0.4, 0.5) is 18.0 Å². The van der Waals surface area contributed by atoms with Crippen LogP contribution in [-0.4, -0.2) is 35.7 Å². The van der Waals surface area contributed by atoms with Gasteiger partial charge in [-0.2, -0.15) is 0 Å². The van der Waals surface area contributed by atoms with Crippen LogP contribution in [0.5, 0.6) is 5.75 Å². The Kier molecular flexibility index (Phi) is 5.92. The standard InChI is InChI=1S/C21H20F3N3O4/c1-13-7-3-5-9-15(13)20(2)18(29)27(19(30)26-20)12-17(28)25-11-14-8-4-6-10-16(14)31-21(22,23)24/h3-10H,11-12H2,1-2H3,(H,25,28)(H,26,30). The summed E-state index contributed by atoms with van der Waals surface area (Å²) in [6.45, 7) is 2.51. The lowest BCUT2D eigenvalue weighted by Gasteiger charge is -2.24. The number of nitrogens with zero attached hydrogens (tertiary/aromatic N) is 1. The second-order valence-corrected chi connectivity index (χ2v) is 7.19. The number of hydrogen-bond donors (Lipinski definition) is 2. The van der Waals surface area contributed by atoms with E-state index in [1.807, 2.05) is 0 Å². The molecule has 1 saturated heterocycles. The molecule has 0 radical (unpaired) electrons. The predicted molar refractivity (Wildman–Crippen MR) is 104 cm³/mol. The van der Waals surface area contributed by atoms with E-state index in [0.717, 1.165) is 16.5 Å². The number of para-hydroxylation sites is 1. The molecule has 2 N–H and O–H groups in total. The summed E-state index contributed by atoms with van der Waals surface area (Å²) in [5, 5.41) is 5.03. The van der Waals surface area contributed by atoms with Crippen molar-refractivity contribution in [1.29, 1.82) is 0 Å². The van der Waals surface area contributed by atoms with Gasteiger partial charge >= 0.3 is 12.4 Å². The summed E-state index contributed by atoms with van der Waals surface area (Å²) < 4.78 is 41.5. The number of alkyl halides is 3. The van der Waals surface area contributed by atoms with Gasteiger partial charge in [0.25, 0.3) is 5.91 Å². The van der Waals surface area contributed by atoms with Crippen molar-refractivity contribution in [3.05, 3.63) is 65.2 Å². The van der Waals surface area contributed by atoms with Gasteiger partial charge in [-0.05, 0) is 31.0 Å². The van der Waals surface area contributed by atoms with Crippen molar-refractivity contribution in [3.63, 3.8) is 0 Å². The first kappa shape index (κ1) is 22.1. The number of benzene rings is 2. The maximum absolute atomic E-state index is 12.9. The summed E-state index contributed by atoms with van der Waals surface area (Å²) >= 11 is 0. The number of imide groups is 1. The van der Waals surface area contributed by atoms with E-state index in [9.17, 15) is 27.6 Å². The van der Waals surface area contributed by atoms with Gasteiger partial charge in [-0.3, -0.25) is 14.5 Å². The van der Waals surface area contributed by atoms with Crippen LogP contribution in [0.15, 0.2) is 48.5 Å². The first-order valence-corrected chi connectivity index (χ1v) is 9.32. The third-order valence-corrected chi connectivity index (χ3v) is 4.93. The number of aryl methyl sites for hydroxylation is 1. The van der Waals surface area contributed by atoms with Gasteiger partial charge < -0.3 is 15.4 Å². The van der Waals surface area contributed by atoms with E-state index in [1.54, 1.807) is 38.1 Å². The molecule has 0 aliphatic carbocycles. The van der Waals surface area contributed by atoms with Crippen molar-refractivity contribution in [3.8, 4) is 5.75 Å². The Bertz CT molecular complexity index is 1020. The zero-order valence-electron chi connectivity index (χ0n) is 16.7. The minimum Gasteiger partial charge on any atom is -0.405 e. The van der Waals surface area contributed by atoms with Crippen molar-refractivity contribution in [1.82, 2.24) is 15.5 Å². The molecule has 7 nitrogen and oxygen atoms in total. The van der Waals surface area contributed by atoms with Gasteiger partial charge in [-0.25, -0.2) is 4.79 Å². The summed E-state index contributed by atoms with van der Waals surface area (Å²) in [7, 11) is 0. The second-order valence-electron chi connectivity index (χ2n) is 7.19. The molecule has 1 aliphatic rings. The summed E-state index contributed by atoms with van der Waals surface area (Å²) in [6.07, 6.45) is -4.87. The van der Waals surface area contributed by atoms with E-state index in [4.69, 9.17) is 0 Å². The summed E-state index contributed by atoms with van der Waals surface area (Å²) in [5.74, 6) is -1.75. The summed E-state index contributed by atoms with van der Waals surface area (Å²) in [4.78, 5) is 38.4. The molecule has 2 aromatic carbocycles. The minimum atomic E-state index is -4.87. The van der Waals surface area contributed by atoms with Crippen LogP contribution in [0, 0.1) is 6.92 Å². The van der Waals surface area contributed by atoms with Gasteiger partial charge in [0, 0.05) is 12.1 Å². The van der Waals surface area contributed by atoms with Crippen LogP contribution in [0.2, 0.25) is 0 Å². The molecule has 1 fully saturated rings. The molecule has 3 rings (SSSR count). The summed E-state index contributed by atoms with van der Waals surface area (Å²) in [5.41, 5.74) is 0.173. The van der Waals surface area contributed by atoms with Crippen molar-refractivity contribution in [2.45, 2.75) is 32.3 Å². The first-order chi connectivity index (χ1) is 14.5. The number of halogens is 3. The SMILES string of the molecule is Cc1ccccc1C1(C)NC(=O)N(CC(=O)NCc2ccccc2OC(F)(F)F)C1=O. The second kappa shape index (κ2) is 8.29. The average molecular weight is 435 g/mol. The largest absolute Gasteiger partial charge is 0.573 e. The molecule has 2 aromatic rings. The number of ether oxygens (including phenoxy) is 1. The molecule has 164 valence electrons. The van der Waals surface area contributed by atoms with Gasteiger partial charge in [-0.15, -0.1) is 13.2 Å². The molecule has 0 aromatic heterocycles. The van der Waals surface area contributed by atoms with Crippen molar-refractivity contribution >= 4 is 17.8 Å². The van der Waals surface area contributed by atoms with Gasteiger partial charge in [0.05, 0.1) is 0 Å². The molecule has 1 heterocycles. The Morgan fingerprint density at radius 1 is 1.13 bits per heavy atom. The van der Waals surface area contributed by atoms with Crippen LogP contribution < -0.4 is 15.4 Å². The van der Waals surface area contributed by atoms with E-state index in [2.05, 4.69) is 15.4 Å². The highest BCUT2D eigenvalue weighted by Gasteiger charge is 2.50. The Labute approximate surface area is 176 Å². The molecular formula is C21H20F3N3O4. The van der Waals surface area contributed by atoms with Crippen LogP contribution in [-0.2, 0) is 21.7 Å². The van der Waals surface area contributed by atoms with Crippen LogP contribution >= 0.6 is 0 Å². The Balaban J connectivity index is 1.67. The van der Waals surface area contributed by atoms with Crippen LogP contribution in [0.25, 0.3) is 0 Å². The molecule has 10 heteroatoms. The van der Waals surface area contributed by atoms with Crippen molar-refractivity contribution in [2.24, 2.45) is 0 Å². The monoisotopic (exact) mass is 435 g/mol. The lowest BCUT2D eigenvalue weighted by atomic mass is 9.88. The topological polar surface area (TPSA) is 87.7 Å². The fourth-order valence-electron chi connectivity index (χ4n) is 3.42. The average Bonchev–Trinajstić information content (AvgIpc) is 2.90. The molecule has 0 spiro atoms. The first-order valence-electron chi connectivity index (χ1n) is 9.32. The number of carbonyl (C=O) groups excluding carboxylic acids is 3. The minimum absolute atomic E-state index is 0.0927. The molecule has 31 heavy (non-hydrogen) atoms. The maximum Gasteiger partial charge on any atom is 0.573 e. The normalized spacial score (nSPS) is 18.7. The Morgan fingerprint density at radius 3 is 2.45 bits per heavy atom. The number of amides is 4. The van der Waals surface area contributed by atoms with Gasteiger partial charge in [-0.1, -0.05) is 42.5 Å². The van der Waals surface area contributed by atoms with Gasteiger partial charge in [0.2, 0.25) is 5.91 Å². The summed E-state index contributed by atoms with van der Waals surface area (Å²) in [6, 6.07) is 11.7. The lowest BCUT2D eigenvalue weighted by Crippen LogP contribution is -2.43. The highest BCUT2D eigenvalue weighted by Crippen LogP contribution is 2.31. The lowest BCUT2D eigenvalue weighted by molar-refractivity contribution is -0.274. The molecule has 1 aliphatic heterocycles.